The number of hydrogen-bond donors (Lipinski definition) is 2. The zero-order chi connectivity index (χ0) is 18.5. The van der Waals surface area contributed by atoms with Crippen LogP contribution in [0, 0.1) is 13.8 Å². The molecule has 2 N–H and O–H groups in total. The van der Waals surface area contributed by atoms with E-state index in [4.69, 9.17) is 11.6 Å². The molecule has 0 fully saturated rings. The Morgan fingerprint density at radius 1 is 1.19 bits per heavy atom. The first kappa shape index (κ1) is 18.4. The third kappa shape index (κ3) is 4.39. The van der Waals surface area contributed by atoms with Gasteiger partial charge >= 0.3 is 6.03 Å². The Balaban J connectivity index is 2.02. The topological polar surface area (TPSA) is 66.9 Å². The number of rotatable bonds is 5. The maximum atomic E-state index is 11.9. The monoisotopic (exact) mass is 386 g/mol. The van der Waals surface area contributed by atoms with Crippen molar-refractivity contribution in [1.29, 1.82) is 0 Å². The molecule has 3 aromatic rings. The number of amides is 2. The molecule has 0 aliphatic heterocycles. The molecule has 1 aromatic carbocycles. The highest BCUT2D eigenvalue weighted by Crippen LogP contribution is 2.39. The van der Waals surface area contributed by atoms with Crippen molar-refractivity contribution in [2.45, 2.75) is 13.8 Å². The van der Waals surface area contributed by atoms with Crippen molar-refractivity contribution in [3.05, 3.63) is 53.9 Å². The maximum Gasteiger partial charge on any atom is 0.321 e. The molecule has 0 saturated carbocycles. The molecule has 2 amide bonds. The third-order valence-corrected chi connectivity index (χ3v) is 4.89. The Bertz CT molecular complexity index is 862. The average Bonchev–Trinajstić information content (AvgIpc) is 3.04. The predicted octanol–water partition coefficient (Wildman–Crippen LogP) is 4.85. The van der Waals surface area contributed by atoms with Crippen molar-refractivity contribution in [1.82, 2.24) is 15.3 Å². The molecule has 26 heavy (non-hydrogen) atoms. The largest absolute Gasteiger partial charge is 0.337 e. The summed E-state index contributed by atoms with van der Waals surface area (Å²) in [4.78, 5) is 21.9. The van der Waals surface area contributed by atoms with Crippen LogP contribution in [-0.4, -0.2) is 28.4 Å². The molecule has 5 nitrogen and oxygen atoms in total. The number of anilines is 1. The van der Waals surface area contributed by atoms with Crippen LogP contribution >= 0.6 is 22.9 Å². The number of aromatic nitrogens is 2. The second-order valence-electron chi connectivity index (χ2n) is 5.82. The minimum atomic E-state index is -0.312. The number of nitrogens with zero attached hydrogens (tertiary/aromatic N) is 2. The standard InChI is InChI=1S/C19H19ClN4OS/c1-12-4-3-5-14(10-12)16-17(15-6-8-21-13(2)11-15)26-19(23-16)24-18(25)22-9-7-20/h3-6,8,10-11H,7,9H2,1-2H3,(H2,22,23,24,25). The van der Waals surface area contributed by atoms with Crippen LogP contribution < -0.4 is 10.6 Å². The number of carbonyl (C=O) groups is 1. The quantitative estimate of drug-likeness (QED) is 0.616. The van der Waals surface area contributed by atoms with Crippen LogP contribution in [0.4, 0.5) is 9.93 Å². The second-order valence-corrected chi connectivity index (χ2v) is 7.20. The molecule has 7 heteroatoms. The van der Waals surface area contributed by atoms with Gasteiger partial charge in [-0.15, -0.1) is 11.6 Å². The minimum absolute atomic E-state index is 0.312. The molecule has 0 radical (unpaired) electrons. The lowest BCUT2D eigenvalue weighted by atomic mass is 10.1. The Labute approximate surface area is 161 Å². The van der Waals surface area contributed by atoms with Crippen LogP contribution in [0.5, 0.6) is 0 Å². The molecular weight excluding hydrogens is 368 g/mol. The molecule has 0 bridgehead atoms. The maximum absolute atomic E-state index is 11.9. The number of pyridine rings is 1. The summed E-state index contributed by atoms with van der Waals surface area (Å²) >= 11 is 7.05. The Kier molecular flexibility index (Phi) is 5.85. The summed E-state index contributed by atoms with van der Waals surface area (Å²) < 4.78 is 0. The van der Waals surface area contributed by atoms with Crippen molar-refractivity contribution in [2.24, 2.45) is 0 Å². The van der Waals surface area contributed by atoms with Gasteiger partial charge in [0.1, 0.15) is 0 Å². The third-order valence-electron chi connectivity index (χ3n) is 3.68. The van der Waals surface area contributed by atoms with Gasteiger partial charge in [-0.05, 0) is 37.6 Å². The van der Waals surface area contributed by atoms with Crippen LogP contribution in [0.1, 0.15) is 11.3 Å². The summed E-state index contributed by atoms with van der Waals surface area (Å²) in [5.74, 6) is 0.362. The van der Waals surface area contributed by atoms with E-state index in [1.165, 1.54) is 11.3 Å². The average molecular weight is 387 g/mol. The Morgan fingerprint density at radius 3 is 2.77 bits per heavy atom. The fraction of sp³-hybridized carbons (Fsp3) is 0.211. The van der Waals surface area contributed by atoms with Crippen LogP contribution in [0.15, 0.2) is 42.6 Å². The first-order valence-electron chi connectivity index (χ1n) is 8.18. The van der Waals surface area contributed by atoms with Crippen molar-refractivity contribution < 1.29 is 4.79 Å². The molecule has 2 aromatic heterocycles. The second kappa shape index (κ2) is 8.29. The zero-order valence-electron chi connectivity index (χ0n) is 14.5. The van der Waals surface area contributed by atoms with E-state index in [0.29, 0.717) is 17.6 Å². The fourth-order valence-corrected chi connectivity index (χ4v) is 3.62. The summed E-state index contributed by atoms with van der Waals surface area (Å²) in [5.41, 5.74) is 4.97. The number of aryl methyl sites for hydroxylation is 2. The number of hydrogen-bond acceptors (Lipinski definition) is 4. The van der Waals surface area contributed by atoms with E-state index in [-0.39, 0.29) is 6.03 Å². The van der Waals surface area contributed by atoms with E-state index in [0.717, 1.165) is 33.0 Å². The highest BCUT2D eigenvalue weighted by molar-refractivity contribution is 7.19. The Hall–Kier alpha value is -2.44. The molecule has 0 unspecified atom stereocenters. The lowest BCUT2D eigenvalue weighted by molar-refractivity contribution is 0.252. The van der Waals surface area contributed by atoms with Gasteiger partial charge in [-0.2, -0.15) is 0 Å². The smallest absolute Gasteiger partial charge is 0.321 e. The lowest BCUT2D eigenvalue weighted by Gasteiger charge is -2.04. The van der Waals surface area contributed by atoms with Crippen LogP contribution in [0.25, 0.3) is 21.7 Å². The molecule has 0 atom stereocenters. The first-order valence-corrected chi connectivity index (χ1v) is 9.53. The van der Waals surface area contributed by atoms with Gasteiger partial charge in [-0.3, -0.25) is 10.3 Å². The summed E-state index contributed by atoms with van der Waals surface area (Å²) in [6.45, 7) is 4.40. The van der Waals surface area contributed by atoms with E-state index in [1.807, 2.05) is 44.2 Å². The van der Waals surface area contributed by atoms with Crippen LogP contribution in [-0.2, 0) is 0 Å². The number of benzene rings is 1. The Morgan fingerprint density at radius 2 is 2.04 bits per heavy atom. The van der Waals surface area contributed by atoms with E-state index >= 15 is 0 Å². The molecule has 134 valence electrons. The predicted molar refractivity (Wildman–Crippen MR) is 108 cm³/mol. The van der Waals surface area contributed by atoms with Crippen molar-refractivity contribution in [2.75, 3.05) is 17.7 Å². The van der Waals surface area contributed by atoms with Gasteiger partial charge in [0.15, 0.2) is 5.13 Å². The molecule has 0 spiro atoms. The molecule has 2 heterocycles. The fourth-order valence-electron chi connectivity index (χ4n) is 2.55. The molecule has 3 rings (SSSR count). The van der Waals surface area contributed by atoms with Gasteiger partial charge < -0.3 is 5.32 Å². The van der Waals surface area contributed by atoms with Gasteiger partial charge in [-0.25, -0.2) is 9.78 Å². The zero-order valence-corrected chi connectivity index (χ0v) is 16.1. The van der Waals surface area contributed by atoms with Gasteiger partial charge in [0.25, 0.3) is 0 Å². The van der Waals surface area contributed by atoms with Crippen LogP contribution in [0.3, 0.4) is 0 Å². The molecular formula is C19H19ClN4OS. The van der Waals surface area contributed by atoms with Gasteiger partial charge in [0.2, 0.25) is 0 Å². The van der Waals surface area contributed by atoms with Crippen molar-refractivity contribution in [3.8, 4) is 21.7 Å². The van der Waals surface area contributed by atoms with E-state index in [1.54, 1.807) is 6.20 Å². The summed E-state index contributed by atoms with van der Waals surface area (Å²) in [6.07, 6.45) is 1.78. The van der Waals surface area contributed by atoms with E-state index in [9.17, 15) is 4.79 Å². The van der Waals surface area contributed by atoms with Crippen molar-refractivity contribution in [3.63, 3.8) is 0 Å². The van der Waals surface area contributed by atoms with Crippen molar-refractivity contribution >= 4 is 34.1 Å². The first-order chi connectivity index (χ1) is 12.6. The highest BCUT2D eigenvalue weighted by Gasteiger charge is 2.16. The van der Waals surface area contributed by atoms with Gasteiger partial charge in [0, 0.05) is 29.9 Å². The number of alkyl halides is 1. The summed E-state index contributed by atoms with van der Waals surface area (Å²) in [7, 11) is 0. The van der Waals surface area contributed by atoms with E-state index in [2.05, 4.69) is 26.7 Å². The molecule has 0 saturated heterocycles. The normalized spacial score (nSPS) is 10.6. The number of carbonyl (C=O) groups excluding carboxylic acids is 1. The summed E-state index contributed by atoms with van der Waals surface area (Å²) in [6, 6.07) is 11.8. The number of halogens is 1. The summed E-state index contributed by atoms with van der Waals surface area (Å²) in [5, 5.41) is 6.01. The van der Waals surface area contributed by atoms with E-state index < -0.39 is 0 Å². The van der Waals surface area contributed by atoms with Gasteiger partial charge in [0.05, 0.1) is 10.6 Å². The number of urea groups is 1. The number of nitrogens with one attached hydrogen (secondary N) is 2. The van der Waals surface area contributed by atoms with Crippen LogP contribution in [0.2, 0.25) is 0 Å². The molecule has 0 aliphatic rings. The number of thiazole rings is 1. The van der Waals surface area contributed by atoms with Gasteiger partial charge in [-0.1, -0.05) is 35.1 Å². The SMILES string of the molecule is Cc1cccc(-c2nc(NC(=O)NCCCl)sc2-c2ccnc(C)c2)c1. The highest BCUT2D eigenvalue weighted by atomic mass is 35.5. The molecule has 0 aliphatic carbocycles. The minimum Gasteiger partial charge on any atom is -0.337 e. The lowest BCUT2D eigenvalue weighted by Crippen LogP contribution is -2.30.